The molecule has 4 aromatic heterocycles. The summed E-state index contributed by atoms with van der Waals surface area (Å²) in [6.07, 6.45) is 11.6. The molecule has 29 nitrogen and oxygen atoms in total. The molecule has 12 rings (SSSR count). The van der Waals surface area contributed by atoms with Crippen molar-refractivity contribution in [3.8, 4) is 47.3 Å². The number of nitrogen functional groups attached to an aromatic ring is 1. The second-order valence-corrected chi connectivity index (χ2v) is 27.6. The van der Waals surface area contributed by atoms with Crippen LogP contribution in [0.15, 0.2) is 175 Å². The molecule has 0 spiro atoms. The molecule has 626 valence electrons. The van der Waals surface area contributed by atoms with Crippen LogP contribution in [0.3, 0.4) is 0 Å². The fourth-order valence-electron chi connectivity index (χ4n) is 11.0. The second-order valence-electron chi connectivity index (χ2n) is 25.6. The average molecular weight is 1760 g/mol. The summed E-state index contributed by atoms with van der Waals surface area (Å²) in [6, 6.07) is 36.1. The number of pyridine rings is 4. The first-order valence-electron chi connectivity index (χ1n) is 36.1. The van der Waals surface area contributed by atoms with Crippen LogP contribution >= 0.6 is 58.0 Å². The van der Waals surface area contributed by atoms with Gasteiger partial charge in [0.1, 0.15) is 59.0 Å². The Morgan fingerprint density at radius 2 is 0.910 bits per heavy atom. The van der Waals surface area contributed by atoms with Crippen molar-refractivity contribution in [2.75, 3.05) is 94.7 Å². The molecule has 0 unspecified atom stereocenters. The lowest BCUT2D eigenvalue weighted by Crippen LogP contribution is -2.16. The highest BCUT2D eigenvalue weighted by Crippen LogP contribution is 2.41. The van der Waals surface area contributed by atoms with Crippen LogP contribution in [-0.2, 0) is 9.59 Å². The molecule has 0 bridgehead atoms. The number of anilines is 7. The first kappa shape index (κ1) is 93.4. The van der Waals surface area contributed by atoms with Gasteiger partial charge in [0.25, 0.3) is 0 Å². The number of hydrogen-bond acceptors (Lipinski definition) is 24. The molecule has 0 fully saturated rings. The van der Waals surface area contributed by atoms with Crippen molar-refractivity contribution in [1.29, 1.82) is 21.0 Å². The summed E-state index contributed by atoms with van der Waals surface area (Å²) in [4.78, 5) is 67.1. The van der Waals surface area contributed by atoms with E-state index in [0.717, 1.165) is 4.73 Å². The van der Waals surface area contributed by atoms with Crippen LogP contribution in [0.4, 0.5) is 74.4 Å². The number of nitrogens with zero attached hydrogens (tertiary/aromatic N) is 13. The summed E-state index contributed by atoms with van der Waals surface area (Å²) in [6.45, 7) is 9.53. The zero-order valence-corrected chi connectivity index (χ0v) is 69.5. The van der Waals surface area contributed by atoms with Crippen LogP contribution in [0.2, 0.25) is 25.1 Å². The first-order chi connectivity index (χ1) is 58.3. The third-order valence-electron chi connectivity index (χ3n) is 16.4. The van der Waals surface area contributed by atoms with Crippen molar-refractivity contribution >= 4 is 170 Å². The van der Waals surface area contributed by atoms with Crippen molar-refractivity contribution < 1.29 is 61.2 Å². The number of benzene rings is 8. The van der Waals surface area contributed by atoms with E-state index in [9.17, 15) is 68.4 Å². The molecule has 122 heavy (non-hydrogen) atoms. The van der Waals surface area contributed by atoms with Crippen molar-refractivity contribution in [2.45, 2.75) is 27.7 Å². The molecule has 0 aliphatic heterocycles. The number of carbonyl (C=O) groups excluding carboxylic acids is 2. The van der Waals surface area contributed by atoms with Crippen molar-refractivity contribution in [2.24, 2.45) is 4.99 Å². The lowest BCUT2D eigenvalue weighted by atomic mass is 10.1. The fourth-order valence-corrected chi connectivity index (χ4v) is 11.9. The van der Waals surface area contributed by atoms with Crippen LogP contribution < -0.4 is 51.3 Å². The number of hydrogen-bond donors (Lipinski definition) is 6. The van der Waals surface area contributed by atoms with E-state index in [1.54, 1.807) is 51.1 Å². The Kier molecular flexibility index (Phi) is 33.7. The Labute approximate surface area is 719 Å². The third-order valence-corrected chi connectivity index (χ3v) is 18.0. The minimum atomic E-state index is -0.596. The monoisotopic (exact) mass is 1760 g/mol. The highest BCUT2D eigenvalue weighted by atomic mass is 35.5. The van der Waals surface area contributed by atoms with Crippen LogP contribution in [-0.4, -0.2) is 124 Å². The molecule has 38 heteroatoms. The molecule has 0 aliphatic carbocycles. The number of carbonyl (C=O) groups is 2. The van der Waals surface area contributed by atoms with Crippen LogP contribution in [0.25, 0.3) is 43.6 Å². The number of amides is 2. The number of nitro groups is 2. The molecule has 0 atom stereocenters. The van der Waals surface area contributed by atoms with Gasteiger partial charge in [-0.1, -0.05) is 70.2 Å². The summed E-state index contributed by atoms with van der Waals surface area (Å²) in [5, 5.41) is 83.9. The molecule has 7 N–H and O–H groups in total. The zero-order valence-electron chi connectivity index (χ0n) is 65.7. The Morgan fingerprint density at radius 3 is 1.33 bits per heavy atom. The van der Waals surface area contributed by atoms with Crippen LogP contribution in [0.1, 0.15) is 49.9 Å². The SMILES string of the molecule is CCOc1cc2c(cc1NC(=O)/C=C/CN(C)C)c(=Nc1ccc(F)c(Cl)c1)c(C#N)cn2O.CCOc1cc2ncc(C#N)c(Cl)c2cc1[N+](=O)[O-].CCOc1cc2ncc(C#N)c(Nc3ccc(F)c(Cl)c3)c2cc1NC(=O)/C=C/CN(C)C.CCOc1cc2ncc(C#N)c(Nc3ccc(F)c(Cl)c3)c2cc1[N+](=O)[O-].Nc1ccc(F)c(Cl)c1. The maximum Gasteiger partial charge on any atom is 0.311 e. The van der Waals surface area contributed by atoms with Gasteiger partial charge >= 0.3 is 11.4 Å². The van der Waals surface area contributed by atoms with Crippen molar-refractivity contribution in [3.63, 3.8) is 0 Å². The van der Waals surface area contributed by atoms with Crippen molar-refractivity contribution in [1.82, 2.24) is 29.5 Å². The van der Waals surface area contributed by atoms with E-state index in [2.05, 4.69) is 47.3 Å². The number of nitro benzene ring substituents is 2. The number of fused-ring (bicyclic) bond motifs is 4. The maximum atomic E-state index is 13.6. The normalized spacial score (nSPS) is 10.9. The standard InChI is InChI=1S/C24H23ClFN5O3.C24H23ClFN5O2.C18H12ClFN4O3.C12H8ClN3O3.C6H5ClFN/c1-4-34-22-12-21-17(11-20(22)29-23(32)6-5-9-30(2)3)24(15(13-27)14-31(21)33)28-16-7-8-19(26)18(25)10-16;1-4-33-22-12-20-17(11-21(22)30-23(32)6-5-9-31(2)3)24(15(13-27)14-28-20)29-16-7-8-19(26)18(25)10-16;1-2-27-17-7-15-12(6-16(17)24(25)26)18(10(8-21)9-22-15)23-11-3-4-14(20)13(19)5-11;1-2-19-11-4-9-8(3-10(11)16(17)18)12(13)7(5-14)6-15-9;7-5-3-4(9)1-2-6(5)8/h5-8,10-12,14,33H,4,9H2,1-3H3,(H,29,32);5-8,10-12,14H,4,9H2,1-3H3,(H,28,29)(H,30,32);3-7,9H,2H2,1H3,(H,22,23);3-4,6H,2H2,1H3;1-3H,9H2/b6-5+,28-24?;6-5+;;;. The number of nitriles is 4. The molecule has 4 heterocycles. The highest BCUT2D eigenvalue weighted by Gasteiger charge is 2.24. The van der Waals surface area contributed by atoms with E-state index >= 15 is 0 Å². The van der Waals surface area contributed by atoms with E-state index in [-0.39, 0.29) is 99.5 Å². The van der Waals surface area contributed by atoms with E-state index in [0.29, 0.717) is 128 Å². The van der Waals surface area contributed by atoms with E-state index < -0.39 is 33.1 Å². The number of aromatic nitrogens is 4. The summed E-state index contributed by atoms with van der Waals surface area (Å²) >= 11 is 29.0. The Hall–Kier alpha value is -14.1. The number of rotatable bonds is 23. The molecule has 0 saturated carbocycles. The van der Waals surface area contributed by atoms with Gasteiger partial charge in [-0.3, -0.25) is 44.8 Å². The second kappa shape index (κ2) is 44.1. The molecular formula is C84H71Cl5F4N18O11. The zero-order chi connectivity index (χ0) is 89.2. The fraction of sp³-hybridized carbons (Fsp3) is 0.167. The number of nitrogens with one attached hydrogen (secondary N) is 4. The smallest absolute Gasteiger partial charge is 0.311 e. The highest BCUT2D eigenvalue weighted by molar-refractivity contribution is 6.36. The molecule has 8 aromatic carbocycles. The van der Waals surface area contributed by atoms with Gasteiger partial charge in [0.2, 0.25) is 11.8 Å². The molecule has 12 aromatic rings. The average Bonchev–Trinajstić information content (AvgIpc) is 0.780. The van der Waals surface area contributed by atoms with Crippen molar-refractivity contribution in [3.05, 3.63) is 267 Å². The predicted octanol–water partition coefficient (Wildman–Crippen LogP) is 19.4. The Morgan fingerprint density at radius 1 is 0.525 bits per heavy atom. The predicted molar refractivity (Wildman–Crippen MR) is 461 cm³/mol. The summed E-state index contributed by atoms with van der Waals surface area (Å²) < 4.78 is 75.5. The van der Waals surface area contributed by atoms with Crippen LogP contribution in [0.5, 0.6) is 23.0 Å². The quantitative estimate of drug-likeness (QED) is 0.00865. The van der Waals surface area contributed by atoms with Crippen LogP contribution in [0, 0.1) is 88.8 Å². The summed E-state index contributed by atoms with van der Waals surface area (Å²) in [5.74, 6) is -1.86. The summed E-state index contributed by atoms with van der Waals surface area (Å²) in [5.41, 5.74) is 10.4. The third kappa shape index (κ3) is 24.8. The van der Waals surface area contributed by atoms with Gasteiger partial charge in [-0.15, -0.1) is 0 Å². The lowest BCUT2D eigenvalue weighted by Gasteiger charge is -2.16. The lowest BCUT2D eigenvalue weighted by molar-refractivity contribution is -0.385. The van der Waals surface area contributed by atoms with E-state index in [4.69, 9.17) is 87.9 Å². The number of nitrogens with two attached hydrogens (primary N) is 1. The molecule has 2 amide bonds. The molecule has 0 radical (unpaired) electrons. The van der Waals surface area contributed by atoms with Gasteiger partial charge in [-0.2, -0.15) is 25.8 Å². The van der Waals surface area contributed by atoms with Gasteiger partial charge in [0, 0.05) is 119 Å². The topological polar surface area (TPSA) is 409 Å². The van der Waals surface area contributed by atoms with Gasteiger partial charge in [0.15, 0.2) is 11.5 Å². The Bertz CT molecular complexity index is 6320. The largest absolute Gasteiger partial charge is 0.492 e. The van der Waals surface area contributed by atoms with E-state index in [1.807, 2.05) is 63.1 Å². The summed E-state index contributed by atoms with van der Waals surface area (Å²) in [7, 11) is 7.58. The molecular weight excluding hydrogens is 1690 g/mol. The van der Waals surface area contributed by atoms with E-state index in [1.165, 1.54) is 140 Å². The van der Waals surface area contributed by atoms with Gasteiger partial charge in [0.05, 0.1) is 146 Å². The van der Waals surface area contributed by atoms with Gasteiger partial charge in [-0.25, -0.2) is 22.6 Å². The number of halogens is 9. The minimum Gasteiger partial charge on any atom is -0.492 e. The minimum absolute atomic E-state index is 0.0482. The number of ether oxygens (including phenoxy) is 4. The Balaban J connectivity index is 0.000000198. The maximum absolute atomic E-state index is 13.6. The van der Waals surface area contributed by atoms with Gasteiger partial charge in [-0.05, 0) is 141 Å². The molecule has 0 saturated heterocycles. The first-order valence-corrected chi connectivity index (χ1v) is 37.9. The number of likely N-dealkylation sites (N-methyl/N-ethyl adjacent to an activating group) is 2. The van der Waals surface area contributed by atoms with Gasteiger partial charge < -0.3 is 61.0 Å². The molecule has 0 aliphatic rings.